The number of ether oxygens (including phenoxy) is 1. The maximum Gasteiger partial charge on any atom is 0.354 e. The second-order valence-electron chi connectivity index (χ2n) is 5.22. The van der Waals surface area contributed by atoms with Crippen molar-refractivity contribution in [1.29, 1.82) is 0 Å². The Morgan fingerprint density at radius 1 is 1.24 bits per heavy atom. The van der Waals surface area contributed by atoms with Crippen molar-refractivity contribution >= 4 is 22.0 Å². The number of nitrogens with zero attached hydrogens (tertiary/aromatic N) is 1. The number of benzene rings is 1. The number of aryl methyl sites for hydroxylation is 1. The van der Waals surface area contributed by atoms with Crippen LogP contribution in [-0.4, -0.2) is 36.6 Å². The van der Waals surface area contributed by atoms with Gasteiger partial charge in [-0.3, -0.25) is 0 Å². The second-order valence-corrected chi connectivity index (χ2v) is 6.99. The Balaban J connectivity index is 2.12. The molecule has 2 aromatic rings. The molecule has 1 aromatic carbocycles. The molecule has 134 valence electrons. The van der Waals surface area contributed by atoms with Crippen molar-refractivity contribution in [2.24, 2.45) is 7.05 Å². The van der Waals surface area contributed by atoms with Crippen LogP contribution in [0, 0.1) is 0 Å². The molecule has 0 fully saturated rings. The third-order valence-corrected chi connectivity index (χ3v) is 4.81. The number of rotatable bonds is 7. The first kappa shape index (κ1) is 18.7. The summed E-state index contributed by atoms with van der Waals surface area (Å²) in [5, 5.41) is 8.84. The van der Waals surface area contributed by atoms with Crippen molar-refractivity contribution in [3.05, 3.63) is 53.3 Å². The van der Waals surface area contributed by atoms with Gasteiger partial charge in [0.05, 0.1) is 12.2 Å². The Labute approximate surface area is 145 Å². The molecule has 0 amide bonds. The van der Waals surface area contributed by atoms with Crippen molar-refractivity contribution < 1.29 is 27.9 Å². The van der Waals surface area contributed by atoms with Gasteiger partial charge in [0.1, 0.15) is 10.6 Å². The van der Waals surface area contributed by atoms with Crippen LogP contribution in [0.3, 0.4) is 0 Å². The third kappa shape index (κ3) is 4.46. The van der Waals surface area contributed by atoms with Gasteiger partial charge >= 0.3 is 11.9 Å². The highest BCUT2D eigenvalue weighted by Crippen LogP contribution is 2.15. The van der Waals surface area contributed by atoms with Gasteiger partial charge in [-0.2, -0.15) is 0 Å². The molecule has 25 heavy (non-hydrogen) atoms. The molecule has 0 radical (unpaired) electrons. The number of carbonyl (C=O) groups is 2. The molecule has 2 N–H and O–H groups in total. The van der Waals surface area contributed by atoms with Crippen molar-refractivity contribution in [2.75, 3.05) is 6.61 Å². The van der Waals surface area contributed by atoms with Gasteiger partial charge in [0.25, 0.3) is 0 Å². The summed E-state index contributed by atoms with van der Waals surface area (Å²) in [6, 6.07) is 7.09. The van der Waals surface area contributed by atoms with Crippen LogP contribution in [0.5, 0.6) is 0 Å². The maximum atomic E-state index is 12.4. The van der Waals surface area contributed by atoms with E-state index in [0.717, 1.165) is 0 Å². The van der Waals surface area contributed by atoms with Gasteiger partial charge in [0.2, 0.25) is 10.0 Å². The number of hydrogen-bond acceptors (Lipinski definition) is 5. The zero-order valence-electron chi connectivity index (χ0n) is 13.7. The minimum atomic E-state index is -3.83. The molecule has 0 saturated carbocycles. The Kier molecular flexibility index (Phi) is 5.60. The zero-order chi connectivity index (χ0) is 18.6. The Morgan fingerprint density at radius 2 is 1.88 bits per heavy atom. The van der Waals surface area contributed by atoms with E-state index in [1.54, 1.807) is 14.0 Å². The lowest BCUT2D eigenvalue weighted by Crippen LogP contribution is -2.22. The maximum absolute atomic E-state index is 12.4. The molecule has 0 aliphatic heterocycles. The van der Waals surface area contributed by atoms with Crippen LogP contribution < -0.4 is 4.72 Å². The van der Waals surface area contributed by atoms with E-state index in [0.29, 0.717) is 5.56 Å². The number of esters is 1. The number of carboxylic acids is 1. The van der Waals surface area contributed by atoms with Crippen LogP contribution in [0.1, 0.15) is 33.3 Å². The van der Waals surface area contributed by atoms with Crippen LogP contribution in [0.25, 0.3) is 0 Å². The minimum absolute atomic E-state index is 0.00807. The summed E-state index contributed by atoms with van der Waals surface area (Å²) in [5.41, 5.74) is 0.858. The van der Waals surface area contributed by atoms with E-state index in [4.69, 9.17) is 9.84 Å². The molecule has 0 aliphatic carbocycles. The van der Waals surface area contributed by atoms with E-state index in [1.807, 2.05) is 0 Å². The van der Waals surface area contributed by atoms with E-state index in [9.17, 15) is 18.0 Å². The molecular weight excluding hydrogens is 348 g/mol. The van der Waals surface area contributed by atoms with Crippen LogP contribution in [-0.2, 0) is 28.4 Å². The molecule has 0 saturated heterocycles. The molecule has 9 heteroatoms. The van der Waals surface area contributed by atoms with Gasteiger partial charge < -0.3 is 14.4 Å². The van der Waals surface area contributed by atoms with Crippen LogP contribution in [0.15, 0.2) is 41.4 Å². The standard InChI is InChI=1S/C16H18N2O6S/c1-3-24-16(21)14-8-13(10-18(14)2)25(22,23)17-9-11-4-6-12(7-5-11)15(19)20/h4-8,10,17H,3,9H2,1-2H3,(H,19,20). The summed E-state index contributed by atoms with van der Waals surface area (Å²) in [4.78, 5) is 22.5. The van der Waals surface area contributed by atoms with E-state index >= 15 is 0 Å². The number of sulfonamides is 1. The van der Waals surface area contributed by atoms with Gasteiger partial charge in [-0.1, -0.05) is 12.1 Å². The highest BCUT2D eigenvalue weighted by Gasteiger charge is 2.21. The normalized spacial score (nSPS) is 11.3. The topological polar surface area (TPSA) is 115 Å². The Bertz CT molecular complexity index is 884. The number of aromatic nitrogens is 1. The average molecular weight is 366 g/mol. The monoisotopic (exact) mass is 366 g/mol. The summed E-state index contributed by atoms with van der Waals surface area (Å²) >= 11 is 0. The van der Waals surface area contributed by atoms with Crippen molar-refractivity contribution in [1.82, 2.24) is 9.29 Å². The summed E-state index contributed by atoms with van der Waals surface area (Å²) in [6.07, 6.45) is 1.32. The molecule has 0 aliphatic rings. The Hall–Kier alpha value is -2.65. The fourth-order valence-corrected chi connectivity index (χ4v) is 3.20. The van der Waals surface area contributed by atoms with E-state index in [2.05, 4.69) is 4.72 Å². The van der Waals surface area contributed by atoms with Gasteiger partial charge in [-0.05, 0) is 30.7 Å². The minimum Gasteiger partial charge on any atom is -0.478 e. The summed E-state index contributed by atoms with van der Waals surface area (Å²) in [5.74, 6) is -1.65. The summed E-state index contributed by atoms with van der Waals surface area (Å²) in [7, 11) is -2.28. The number of hydrogen-bond donors (Lipinski definition) is 2. The highest BCUT2D eigenvalue weighted by molar-refractivity contribution is 7.89. The van der Waals surface area contributed by atoms with E-state index in [-0.39, 0.29) is 29.3 Å². The number of nitrogens with one attached hydrogen (secondary N) is 1. The predicted molar refractivity (Wildman–Crippen MR) is 88.8 cm³/mol. The van der Waals surface area contributed by atoms with Gasteiger partial charge in [0.15, 0.2) is 0 Å². The number of aromatic carboxylic acids is 1. The first-order chi connectivity index (χ1) is 11.7. The SMILES string of the molecule is CCOC(=O)c1cc(S(=O)(=O)NCc2ccc(C(=O)O)cc2)cn1C. The molecule has 0 unspecified atom stereocenters. The Morgan fingerprint density at radius 3 is 2.44 bits per heavy atom. The van der Waals surface area contributed by atoms with Crippen molar-refractivity contribution in [2.45, 2.75) is 18.4 Å². The summed E-state index contributed by atoms with van der Waals surface area (Å²) in [6.45, 7) is 1.85. The lowest BCUT2D eigenvalue weighted by molar-refractivity contribution is 0.0514. The van der Waals surface area contributed by atoms with Gasteiger partial charge in [-0.15, -0.1) is 0 Å². The van der Waals surface area contributed by atoms with E-state index < -0.39 is 22.0 Å². The zero-order valence-corrected chi connectivity index (χ0v) is 14.5. The fraction of sp³-hybridized carbons (Fsp3) is 0.250. The number of carbonyl (C=O) groups excluding carboxylic acids is 1. The quantitative estimate of drug-likeness (QED) is 0.716. The van der Waals surface area contributed by atoms with Crippen molar-refractivity contribution in [3.63, 3.8) is 0 Å². The van der Waals surface area contributed by atoms with Crippen LogP contribution in [0.4, 0.5) is 0 Å². The summed E-state index contributed by atoms with van der Waals surface area (Å²) < 4.78 is 33.4. The van der Waals surface area contributed by atoms with E-state index in [1.165, 1.54) is 41.1 Å². The fourth-order valence-electron chi connectivity index (χ4n) is 2.12. The first-order valence-corrected chi connectivity index (χ1v) is 8.88. The molecule has 1 aromatic heterocycles. The lowest BCUT2D eigenvalue weighted by Gasteiger charge is -2.05. The molecule has 0 spiro atoms. The average Bonchev–Trinajstić information content (AvgIpc) is 2.96. The molecule has 0 bridgehead atoms. The first-order valence-electron chi connectivity index (χ1n) is 7.40. The smallest absolute Gasteiger partial charge is 0.354 e. The largest absolute Gasteiger partial charge is 0.478 e. The second kappa shape index (κ2) is 7.49. The molecule has 8 nitrogen and oxygen atoms in total. The van der Waals surface area contributed by atoms with Crippen molar-refractivity contribution in [3.8, 4) is 0 Å². The molecule has 0 atom stereocenters. The van der Waals surface area contributed by atoms with Gasteiger partial charge in [-0.25, -0.2) is 22.7 Å². The highest BCUT2D eigenvalue weighted by atomic mass is 32.2. The van der Waals surface area contributed by atoms with Gasteiger partial charge in [0, 0.05) is 19.8 Å². The van der Waals surface area contributed by atoms with Crippen LogP contribution in [0.2, 0.25) is 0 Å². The molecular formula is C16H18N2O6S. The third-order valence-electron chi connectivity index (χ3n) is 3.44. The lowest BCUT2D eigenvalue weighted by atomic mass is 10.1. The van der Waals surface area contributed by atoms with Crippen LogP contribution >= 0.6 is 0 Å². The number of carboxylic acid groups (broad SMARTS) is 1. The molecule has 1 heterocycles. The predicted octanol–water partition coefficient (Wildman–Crippen LogP) is 1.38. The molecule has 2 rings (SSSR count).